The number of rotatable bonds is 7. The van der Waals surface area contributed by atoms with Gasteiger partial charge in [0.05, 0.1) is 7.11 Å². The molecule has 1 heterocycles. The van der Waals surface area contributed by atoms with Crippen LogP contribution in [0.1, 0.15) is 32.1 Å². The molecule has 0 aromatic heterocycles. The average Bonchev–Trinajstić information content (AvgIpc) is 2.37. The van der Waals surface area contributed by atoms with Gasteiger partial charge in [-0.1, -0.05) is 0 Å². The normalized spacial score (nSPS) is 18.2. The van der Waals surface area contributed by atoms with E-state index in [4.69, 9.17) is 0 Å². The lowest BCUT2D eigenvalue weighted by atomic mass is 9.93. The summed E-state index contributed by atoms with van der Waals surface area (Å²) in [5, 5.41) is 3.21. The smallest absolute Gasteiger partial charge is 0.305 e. The number of nitrogens with zero attached hydrogens (tertiary/aromatic N) is 1. The Labute approximate surface area is 105 Å². The van der Waals surface area contributed by atoms with E-state index in [0.29, 0.717) is 6.42 Å². The molecule has 1 rings (SSSR count). The first kappa shape index (κ1) is 14.5. The second kappa shape index (κ2) is 8.48. The second-order valence-electron chi connectivity index (χ2n) is 4.86. The van der Waals surface area contributed by atoms with Crippen molar-refractivity contribution < 1.29 is 9.53 Å². The molecule has 0 aromatic carbocycles. The SMILES string of the molecule is CNCCC1CCN(CCCC(=O)OC)CC1. The minimum Gasteiger partial charge on any atom is -0.469 e. The summed E-state index contributed by atoms with van der Waals surface area (Å²) in [4.78, 5) is 13.4. The van der Waals surface area contributed by atoms with E-state index in [0.717, 1.165) is 25.4 Å². The molecule has 0 unspecified atom stereocenters. The van der Waals surface area contributed by atoms with Crippen molar-refractivity contribution in [3.8, 4) is 0 Å². The standard InChI is InChI=1S/C13H26N2O2/c1-14-8-5-12-6-10-15(11-7-12)9-3-4-13(16)17-2/h12,14H,3-11H2,1-2H3. The van der Waals surface area contributed by atoms with Crippen LogP contribution in [0, 0.1) is 5.92 Å². The van der Waals surface area contributed by atoms with Gasteiger partial charge in [-0.15, -0.1) is 0 Å². The molecule has 100 valence electrons. The van der Waals surface area contributed by atoms with Crippen LogP contribution in [0.3, 0.4) is 0 Å². The lowest BCUT2D eigenvalue weighted by Gasteiger charge is -2.31. The molecule has 0 atom stereocenters. The van der Waals surface area contributed by atoms with E-state index in [1.807, 2.05) is 7.05 Å². The molecule has 1 aliphatic rings. The fraction of sp³-hybridized carbons (Fsp3) is 0.923. The third-order valence-corrected chi connectivity index (χ3v) is 3.59. The summed E-state index contributed by atoms with van der Waals surface area (Å²) in [6.45, 7) is 4.55. The Morgan fingerprint density at radius 2 is 2.12 bits per heavy atom. The lowest BCUT2D eigenvalue weighted by molar-refractivity contribution is -0.140. The molecule has 0 saturated carbocycles. The molecule has 0 aromatic rings. The van der Waals surface area contributed by atoms with Crippen LogP contribution >= 0.6 is 0 Å². The fourth-order valence-electron chi connectivity index (χ4n) is 2.40. The van der Waals surface area contributed by atoms with Crippen molar-refractivity contribution in [1.82, 2.24) is 10.2 Å². The Morgan fingerprint density at radius 3 is 2.71 bits per heavy atom. The quantitative estimate of drug-likeness (QED) is 0.683. The predicted octanol–water partition coefficient (Wildman–Crippen LogP) is 1.26. The van der Waals surface area contributed by atoms with E-state index in [2.05, 4.69) is 15.0 Å². The molecule has 1 fully saturated rings. The van der Waals surface area contributed by atoms with Crippen LogP contribution in [-0.2, 0) is 9.53 Å². The van der Waals surface area contributed by atoms with Gasteiger partial charge >= 0.3 is 5.97 Å². The summed E-state index contributed by atoms with van der Waals surface area (Å²) in [6.07, 6.45) is 5.39. The number of carbonyl (C=O) groups is 1. The maximum absolute atomic E-state index is 11.0. The maximum atomic E-state index is 11.0. The van der Waals surface area contributed by atoms with Crippen LogP contribution in [0.25, 0.3) is 0 Å². The van der Waals surface area contributed by atoms with E-state index in [1.54, 1.807) is 0 Å². The highest BCUT2D eigenvalue weighted by Crippen LogP contribution is 2.20. The van der Waals surface area contributed by atoms with Crippen LogP contribution in [0.15, 0.2) is 0 Å². The number of nitrogens with one attached hydrogen (secondary N) is 1. The highest BCUT2D eigenvalue weighted by molar-refractivity contribution is 5.69. The predicted molar refractivity (Wildman–Crippen MR) is 69.0 cm³/mol. The van der Waals surface area contributed by atoms with Crippen molar-refractivity contribution in [2.45, 2.75) is 32.1 Å². The molecular weight excluding hydrogens is 216 g/mol. The van der Waals surface area contributed by atoms with E-state index >= 15 is 0 Å². The molecule has 0 bridgehead atoms. The minimum absolute atomic E-state index is 0.0890. The van der Waals surface area contributed by atoms with Crippen LogP contribution in [0.5, 0.6) is 0 Å². The Morgan fingerprint density at radius 1 is 1.41 bits per heavy atom. The molecule has 1 saturated heterocycles. The molecule has 1 aliphatic heterocycles. The van der Waals surface area contributed by atoms with Crippen LogP contribution < -0.4 is 5.32 Å². The first-order chi connectivity index (χ1) is 8.26. The third-order valence-electron chi connectivity index (χ3n) is 3.59. The number of carbonyl (C=O) groups excluding carboxylic acids is 1. The first-order valence-electron chi connectivity index (χ1n) is 6.70. The van der Waals surface area contributed by atoms with Gasteiger partial charge in [0.15, 0.2) is 0 Å². The van der Waals surface area contributed by atoms with Gasteiger partial charge in [-0.25, -0.2) is 0 Å². The van der Waals surface area contributed by atoms with Crippen molar-refractivity contribution in [2.24, 2.45) is 5.92 Å². The topological polar surface area (TPSA) is 41.6 Å². The van der Waals surface area contributed by atoms with Gasteiger partial charge in [0, 0.05) is 6.42 Å². The molecule has 0 amide bonds. The molecule has 4 nitrogen and oxygen atoms in total. The molecular formula is C13H26N2O2. The van der Waals surface area contributed by atoms with Gasteiger partial charge in [-0.05, 0) is 64.8 Å². The highest BCUT2D eigenvalue weighted by atomic mass is 16.5. The maximum Gasteiger partial charge on any atom is 0.305 e. The number of methoxy groups -OCH3 is 1. The van der Waals surface area contributed by atoms with Gasteiger partial charge in [0.1, 0.15) is 0 Å². The number of likely N-dealkylation sites (tertiary alicyclic amines) is 1. The summed E-state index contributed by atoms with van der Waals surface area (Å²) in [5.41, 5.74) is 0. The lowest BCUT2D eigenvalue weighted by Crippen LogP contribution is -2.35. The zero-order valence-corrected chi connectivity index (χ0v) is 11.2. The molecule has 17 heavy (non-hydrogen) atoms. The Hall–Kier alpha value is -0.610. The van der Waals surface area contributed by atoms with Crippen LogP contribution in [0.4, 0.5) is 0 Å². The van der Waals surface area contributed by atoms with Gasteiger partial charge in [0.2, 0.25) is 0 Å². The van der Waals surface area contributed by atoms with Crippen molar-refractivity contribution in [3.05, 3.63) is 0 Å². The van der Waals surface area contributed by atoms with Gasteiger partial charge in [0.25, 0.3) is 0 Å². The molecule has 4 heteroatoms. The first-order valence-corrected chi connectivity index (χ1v) is 6.70. The zero-order valence-electron chi connectivity index (χ0n) is 11.2. The fourth-order valence-corrected chi connectivity index (χ4v) is 2.40. The van der Waals surface area contributed by atoms with E-state index in [-0.39, 0.29) is 5.97 Å². The van der Waals surface area contributed by atoms with E-state index < -0.39 is 0 Å². The van der Waals surface area contributed by atoms with Crippen molar-refractivity contribution in [1.29, 1.82) is 0 Å². The summed E-state index contributed by atoms with van der Waals surface area (Å²) in [6, 6.07) is 0. The van der Waals surface area contributed by atoms with Crippen LogP contribution in [0.2, 0.25) is 0 Å². The largest absolute Gasteiger partial charge is 0.469 e. The summed E-state index contributed by atoms with van der Waals surface area (Å²) in [5.74, 6) is 0.799. The van der Waals surface area contributed by atoms with Crippen molar-refractivity contribution in [3.63, 3.8) is 0 Å². The number of hydrogen-bond acceptors (Lipinski definition) is 4. The molecule has 0 radical (unpaired) electrons. The van der Waals surface area contributed by atoms with Gasteiger partial charge in [-0.3, -0.25) is 4.79 Å². The number of piperidine rings is 1. The molecule has 0 aliphatic carbocycles. The Kier molecular flexibility index (Phi) is 7.21. The van der Waals surface area contributed by atoms with Crippen molar-refractivity contribution in [2.75, 3.05) is 40.3 Å². The van der Waals surface area contributed by atoms with E-state index in [9.17, 15) is 4.79 Å². The highest BCUT2D eigenvalue weighted by Gasteiger charge is 2.18. The second-order valence-corrected chi connectivity index (χ2v) is 4.86. The average molecular weight is 242 g/mol. The third kappa shape index (κ3) is 6.03. The summed E-state index contributed by atoms with van der Waals surface area (Å²) >= 11 is 0. The Balaban J connectivity index is 2.04. The van der Waals surface area contributed by atoms with Gasteiger partial charge < -0.3 is 15.0 Å². The van der Waals surface area contributed by atoms with Crippen molar-refractivity contribution >= 4 is 5.97 Å². The number of hydrogen-bond donors (Lipinski definition) is 1. The molecule has 1 N–H and O–H groups in total. The minimum atomic E-state index is -0.0890. The van der Waals surface area contributed by atoms with Crippen LogP contribution in [-0.4, -0.2) is 51.2 Å². The van der Waals surface area contributed by atoms with E-state index in [1.165, 1.54) is 39.5 Å². The molecule has 0 spiro atoms. The number of ether oxygens (including phenoxy) is 1. The zero-order chi connectivity index (χ0) is 12.5. The summed E-state index contributed by atoms with van der Waals surface area (Å²) in [7, 11) is 3.47. The van der Waals surface area contributed by atoms with Gasteiger partial charge in [-0.2, -0.15) is 0 Å². The summed E-state index contributed by atoms with van der Waals surface area (Å²) < 4.78 is 4.64. The number of esters is 1. The monoisotopic (exact) mass is 242 g/mol. The Bertz CT molecular complexity index is 213.